The zero-order valence-electron chi connectivity index (χ0n) is 12.7. The quantitative estimate of drug-likeness (QED) is 0.903. The van der Waals surface area contributed by atoms with E-state index in [9.17, 15) is 18.4 Å². The molecule has 1 heterocycles. The highest BCUT2D eigenvalue weighted by Crippen LogP contribution is 2.14. The standard InChI is InChI=1S/C15H16F2N4O2/c1-9-10(2)19-8-21(14(9)22)6-5-18-15(23)20-13-4-3-11(16)7-12(13)17/h3-4,7-8H,5-6H2,1-2H3,(H2,18,20,23). The number of aryl methyl sites for hydroxylation is 1. The van der Waals surface area contributed by atoms with Gasteiger partial charge in [-0.3, -0.25) is 9.36 Å². The van der Waals surface area contributed by atoms with Gasteiger partial charge < -0.3 is 10.6 Å². The smallest absolute Gasteiger partial charge is 0.319 e. The number of amides is 2. The second-order valence-electron chi connectivity index (χ2n) is 4.96. The molecule has 0 aliphatic carbocycles. The molecule has 0 fully saturated rings. The molecule has 0 saturated heterocycles. The third-order valence-electron chi connectivity index (χ3n) is 3.33. The van der Waals surface area contributed by atoms with Gasteiger partial charge in [-0.05, 0) is 26.0 Å². The van der Waals surface area contributed by atoms with Gasteiger partial charge in [0.1, 0.15) is 11.6 Å². The van der Waals surface area contributed by atoms with Crippen LogP contribution in [0.5, 0.6) is 0 Å². The SMILES string of the molecule is Cc1ncn(CCNC(=O)Nc2ccc(F)cc2F)c(=O)c1C. The van der Waals surface area contributed by atoms with Crippen molar-refractivity contribution in [3.63, 3.8) is 0 Å². The molecule has 0 atom stereocenters. The van der Waals surface area contributed by atoms with Crippen molar-refractivity contribution in [1.82, 2.24) is 14.9 Å². The highest BCUT2D eigenvalue weighted by Gasteiger charge is 2.08. The van der Waals surface area contributed by atoms with Crippen molar-refractivity contribution in [2.75, 3.05) is 11.9 Å². The Bertz CT molecular complexity index is 790. The molecule has 2 rings (SSSR count). The van der Waals surface area contributed by atoms with Crippen LogP contribution in [0.15, 0.2) is 29.3 Å². The van der Waals surface area contributed by atoms with Crippen molar-refractivity contribution >= 4 is 11.7 Å². The Morgan fingerprint density at radius 1 is 1.30 bits per heavy atom. The van der Waals surface area contributed by atoms with Crippen LogP contribution in [-0.4, -0.2) is 22.1 Å². The number of carbonyl (C=O) groups excluding carboxylic acids is 1. The fourth-order valence-corrected chi connectivity index (χ4v) is 1.88. The molecule has 0 aliphatic rings. The van der Waals surface area contributed by atoms with Gasteiger partial charge in [-0.15, -0.1) is 0 Å². The summed E-state index contributed by atoms with van der Waals surface area (Å²) < 4.78 is 27.5. The molecule has 23 heavy (non-hydrogen) atoms. The molecule has 6 nitrogen and oxygen atoms in total. The number of nitrogens with zero attached hydrogens (tertiary/aromatic N) is 2. The van der Waals surface area contributed by atoms with Crippen LogP contribution in [0.1, 0.15) is 11.3 Å². The minimum Gasteiger partial charge on any atom is -0.336 e. The summed E-state index contributed by atoms with van der Waals surface area (Å²) in [6.07, 6.45) is 1.41. The van der Waals surface area contributed by atoms with Crippen LogP contribution < -0.4 is 16.2 Å². The highest BCUT2D eigenvalue weighted by atomic mass is 19.1. The summed E-state index contributed by atoms with van der Waals surface area (Å²) in [5, 5.41) is 4.75. The number of benzene rings is 1. The number of nitrogens with one attached hydrogen (secondary N) is 2. The predicted molar refractivity (Wildman–Crippen MR) is 81.4 cm³/mol. The third-order valence-corrected chi connectivity index (χ3v) is 3.33. The number of rotatable bonds is 4. The lowest BCUT2D eigenvalue weighted by Crippen LogP contribution is -2.34. The summed E-state index contributed by atoms with van der Waals surface area (Å²) in [4.78, 5) is 27.7. The van der Waals surface area contributed by atoms with Crippen molar-refractivity contribution in [3.05, 3.63) is 57.8 Å². The third kappa shape index (κ3) is 4.12. The molecular formula is C15H16F2N4O2. The van der Waals surface area contributed by atoms with Crippen LogP contribution in [-0.2, 0) is 6.54 Å². The Morgan fingerprint density at radius 2 is 2.04 bits per heavy atom. The van der Waals surface area contributed by atoms with Gasteiger partial charge in [-0.25, -0.2) is 18.6 Å². The lowest BCUT2D eigenvalue weighted by Gasteiger charge is -2.10. The minimum atomic E-state index is -0.866. The van der Waals surface area contributed by atoms with Crippen LogP contribution in [0.25, 0.3) is 0 Å². The molecule has 2 aromatic rings. The lowest BCUT2D eigenvalue weighted by molar-refractivity contribution is 0.251. The van der Waals surface area contributed by atoms with E-state index in [2.05, 4.69) is 15.6 Å². The summed E-state index contributed by atoms with van der Waals surface area (Å²) in [5.41, 5.74) is 0.896. The van der Waals surface area contributed by atoms with Crippen molar-refractivity contribution in [3.8, 4) is 0 Å². The van der Waals surface area contributed by atoms with Gasteiger partial charge in [0, 0.05) is 30.4 Å². The molecule has 8 heteroatoms. The molecule has 1 aromatic carbocycles. The van der Waals surface area contributed by atoms with Gasteiger partial charge in [0.05, 0.1) is 12.0 Å². The first kappa shape index (κ1) is 16.6. The molecular weight excluding hydrogens is 306 g/mol. The van der Waals surface area contributed by atoms with E-state index in [1.807, 2.05) is 0 Å². The van der Waals surface area contributed by atoms with Crippen molar-refractivity contribution < 1.29 is 13.6 Å². The maximum absolute atomic E-state index is 13.4. The fourth-order valence-electron chi connectivity index (χ4n) is 1.88. The molecule has 0 aliphatic heterocycles. The molecule has 0 saturated carbocycles. The predicted octanol–water partition coefficient (Wildman–Crippen LogP) is 1.96. The molecule has 0 bridgehead atoms. The number of carbonyl (C=O) groups is 1. The van der Waals surface area contributed by atoms with E-state index in [4.69, 9.17) is 0 Å². The van der Waals surface area contributed by atoms with Crippen LogP contribution >= 0.6 is 0 Å². The fraction of sp³-hybridized carbons (Fsp3) is 0.267. The van der Waals surface area contributed by atoms with E-state index in [0.29, 0.717) is 17.3 Å². The Hall–Kier alpha value is -2.77. The van der Waals surface area contributed by atoms with E-state index < -0.39 is 17.7 Å². The number of hydrogen-bond acceptors (Lipinski definition) is 3. The number of aromatic nitrogens is 2. The first-order chi connectivity index (χ1) is 10.9. The average Bonchev–Trinajstić information content (AvgIpc) is 2.50. The van der Waals surface area contributed by atoms with Gasteiger partial charge in [-0.2, -0.15) is 0 Å². The molecule has 1 aromatic heterocycles. The molecule has 0 radical (unpaired) electrons. The zero-order chi connectivity index (χ0) is 17.0. The van der Waals surface area contributed by atoms with Crippen LogP contribution in [0.2, 0.25) is 0 Å². The van der Waals surface area contributed by atoms with Gasteiger partial charge in [-0.1, -0.05) is 0 Å². The second-order valence-corrected chi connectivity index (χ2v) is 4.96. The van der Waals surface area contributed by atoms with E-state index in [1.54, 1.807) is 13.8 Å². The van der Waals surface area contributed by atoms with Gasteiger partial charge in [0.15, 0.2) is 0 Å². The van der Waals surface area contributed by atoms with Gasteiger partial charge >= 0.3 is 6.03 Å². The molecule has 2 amide bonds. The van der Waals surface area contributed by atoms with Crippen LogP contribution in [0, 0.1) is 25.5 Å². The van der Waals surface area contributed by atoms with E-state index in [-0.39, 0.29) is 24.3 Å². The summed E-state index contributed by atoms with van der Waals surface area (Å²) in [7, 11) is 0. The second kappa shape index (κ2) is 6.99. The number of anilines is 1. The molecule has 0 spiro atoms. The number of urea groups is 1. The molecule has 0 unspecified atom stereocenters. The Labute approximate surface area is 131 Å². The summed E-state index contributed by atoms with van der Waals surface area (Å²) >= 11 is 0. The van der Waals surface area contributed by atoms with Crippen LogP contribution in [0.3, 0.4) is 0 Å². The number of hydrogen-bond donors (Lipinski definition) is 2. The van der Waals surface area contributed by atoms with E-state index in [0.717, 1.165) is 12.1 Å². The molecule has 2 N–H and O–H groups in total. The van der Waals surface area contributed by atoms with Crippen molar-refractivity contribution in [1.29, 1.82) is 0 Å². The Morgan fingerprint density at radius 3 is 2.74 bits per heavy atom. The first-order valence-corrected chi connectivity index (χ1v) is 6.91. The Kier molecular flexibility index (Phi) is 5.05. The minimum absolute atomic E-state index is 0.131. The highest BCUT2D eigenvalue weighted by molar-refractivity contribution is 5.89. The van der Waals surface area contributed by atoms with Gasteiger partial charge in [0.25, 0.3) is 5.56 Å². The molecule has 122 valence electrons. The summed E-state index contributed by atoms with van der Waals surface area (Å²) in [6, 6.07) is 2.19. The summed E-state index contributed by atoms with van der Waals surface area (Å²) in [6.45, 7) is 3.80. The largest absolute Gasteiger partial charge is 0.336 e. The van der Waals surface area contributed by atoms with Gasteiger partial charge in [0.2, 0.25) is 0 Å². The van der Waals surface area contributed by atoms with E-state index >= 15 is 0 Å². The van der Waals surface area contributed by atoms with Crippen LogP contribution in [0.4, 0.5) is 19.3 Å². The first-order valence-electron chi connectivity index (χ1n) is 6.91. The maximum atomic E-state index is 13.4. The lowest BCUT2D eigenvalue weighted by atomic mass is 10.3. The summed E-state index contributed by atoms with van der Waals surface area (Å²) in [5.74, 6) is -1.59. The monoisotopic (exact) mass is 322 g/mol. The topological polar surface area (TPSA) is 76.0 Å². The number of halogens is 2. The maximum Gasteiger partial charge on any atom is 0.319 e. The average molecular weight is 322 g/mol. The van der Waals surface area contributed by atoms with Crippen molar-refractivity contribution in [2.24, 2.45) is 0 Å². The van der Waals surface area contributed by atoms with Crippen molar-refractivity contribution in [2.45, 2.75) is 20.4 Å². The zero-order valence-corrected chi connectivity index (χ0v) is 12.7. The normalized spacial score (nSPS) is 10.4. The van der Waals surface area contributed by atoms with E-state index in [1.165, 1.54) is 10.9 Å². The Balaban J connectivity index is 1.90.